The highest BCUT2D eigenvalue weighted by molar-refractivity contribution is 5.81. The number of aliphatic imine (C=N–C) groups is 1. The zero-order chi connectivity index (χ0) is 14.2. The van der Waals surface area contributed by atoms with Crippen molar-refractivity contribution in [3.63, 3.8) is 0 Å². The van der Waals surface area contributed by atoms with Crippen molar-refractivity contribution in [1.29, 1.82) is 0 Å². The molecule has 0 amide bonds. The Labute approximate surface area is 115 Å². The van der Waals surface area contributed by atoms with Gasteiger partial charge in [0.05, 0.1) is 19.2 Å². The molecule has 0 saturated carbocycles. The Morgan fingerprint density at radius 3 is 2.68 bits per heavy atom. The smallest absolute Gasteiger partial charge is 0.192 e. The van der Waals surface area contributed by atoms with Crippen LogP contribution in [0.2, 0.25) is 0 Å². The van der Waals surface area contributed by atoms with Gasteiger partial charge < -0.3 is 15.4 Å². The molecule has 1 atom stereocenters. The number of guanidine groups is 1. The van der Waals surface area contributed by atoms with E-state index in [1.165, 1.54) is 5.56 Å². The van der Waals surface area contributed by atoms with Crippen molar-refractivity contribution < 1.29 is 4.74 Å². The average Bonchev–Trinajstić information content (AvgIpc) is 2.66. The number of ether oxygens (including phenoxy) is 1. The molecule has 2 rings (SSSR count). The SMILES string of the molecule is COc1ccc(C)cc1C1(C)CN=C(N)N1C(C)C. The van der Waals surface area contributed by atoms with Gasteiger partial charge in [-0.1, -0.05) is 11.6 Å². The molecule has 0 aliphatic carbocycles. The number of nitrogens with two attached hydrogens (primary N) is 1. The number of methoxy groups -OCH3 is 1. The van der Waals surface area contributed by atoms with E-state index in [9.17, 15) is 0 Å². The second-order valence-electron chi connectivity index (χ2n) is 5.62. The molecule has 0 bridgehead atoms. The molecule has 104 valence electrons. The number of hydrogen-bond acceptors (Lipinski definition) is 4. The molecular weight excluding hydrogens is 238 g/mol. The Balaban J connectivity index is 2.54. The highest BCUT2D eigenvalue weighted by Crippen LogP contribution is 2.39. The molecule has 1 aliphatic heterocycles. The second-order valence-corrected chi connectivity index (χ2v) is 5.62. The lowest BCUT2D eigenvalue weighted by atomic mass is 9.88. The maximum atomic E-state index is 6.06. The van der Waals surface area contributed by atoms with Crippen LogP contribution in [0.4, 0.5) is 0 Å². The molecular formula is C15H23N3O. The number of nitrogens with zero attached hydrogens (tertiary/aromatic N) is 2. The van der Waals surface area contributed by atoms with E-state index in [-0.39, 0.29) is 5.54 Å². The normalized spacial score (nSPS) is 22.8. The maximum absolute atomic E-state index is 6.06. The topological polar surface area (TPSA) is 50.9 Å². The lowest BCUT2D eigenvalue weighted by molar-refractivity contribution is 0.180. The van der Waals surface area contributed by atoms with Crippen LogP contribution in [0.25, 0.3) is 0 Å². The Morgan fingerprint density at radius 1 is 1.42 bits per heavy atom. The van der Waals surface area contributed by atoms with E-state index in [4.69, 9.17) is 10.5 Å². The first-order chi connectivity index (χ1) is 8.90. The van der Waals surface area contributed by atoms with Crippen molar-refractivity contribution in [3.05, 3.63) is 29.3 Å². The molecule has 1 unspecified atom stereocenters. The van der Waals surface area contributed by atoms with Crippen LogP contribution in [-0.2, 0) is 5.54 Å². The third-order valence-corrected chi connectivity index (χ3v) is 3.78. The van der Waals surface area contributed by atoms with E-state index in [1.54, 1.807) is 7.11 Å². The summed E-state index contributed by atoms with van der Waals surface area (Å²) >= 11 is 0. The first-order valence-corrected chi connectivity index (χ1v) is 6.64. The largest absolute Gasteiger partial charge is 0.496 e. The molecule has 4 nitrogen and oxygen atoms in total. The Hall–Kier alpha value is -1.71. The predicted octanol–water partition coefficient (Wildman–Crippen LogP) is 2.26. The van der Waals surface area contributed by atoms with Gasteiger partial charge in [-0.3, -0.25) is 4.99 Å². The Kier molecular flexibility index (Phi) is 3.43. The average molecular weight is 261 g/mol. The van der Waals surface area contributed by atoms with Crippen LogP contribution in [0.5, 0.6) is 5.75 Å². The van der Waals surface area contributed by atoms with Crippen molar-refractivity contribution in [3.8, 4) is 5.75 Å². The van der Waals surface area contributed by atoms with Gasteiger partial charge >= 0.3 is 0 Å². The van der Waals surface area contributed by atoms with Crippen molar-refractivity contribution in [2.75, 3.05) is 13.7 Å². The molecule has 0 spiro atoms. The summed E-state index contributed by atoms with van der Waals surface area (Å²) in [7, 11) is 1.70. The summed E-state index contributed by atoms with van der Waals surface area (Å²) in [4.78, 5) is 6.61. The quantitative estimate of drug-likeness (QED) is 0.908. The maximum Gasteiger partial charge on any atom is 0.192 e. The molecule has 0 radical (unpaired) electrons. The van der Waals surface area contributed by atoms with Crippen LogP contribution in [0.1, 0.15) is 31.9 Å². The summed E-state index contributed by atoms with van der Waals surface area (Å²) in [5.74, 6) is 1.50. The molecule has 1 aromatic rings. The third-order valence-electron chi connectivity index (χ3n) is 3.78. The van der Waals surface area contributed by atoms with Crippen LogP contribution in [0.15, 0.2) is 23.2 Å². The first kappa shape index (κ1) is 13.7. The van der Waals surface area contributed by atoms with Crippen molar-refractivity contribution in [2.24, 2.45) is 10.7 Å². The van der Waals surface area contributed by atoms with Crippen LogP contribution < -0.4 is 10.5 Å². The molecule has 2 N–H and O–H groups in total. The number of benzene rings is 1. The van der Waals surface area contributed by atoms with Crippen LogP contribution in [0.3, 0.4) is 0 Å². The molecule has 0 aromatic heterocycles. The third kappa shape index (κ3) is 2.15. The van der Waals surface area contributed by atoms with E-state index in [2.05, 4.69) is 49.7 Å². The lowest BCUT2D eigenvalue weighted by Crippen LogP contribution is -2.51. The fourth-order valence-corrected chi connectivity index (χ4v) is 2.93. The van der Waals surface area contributed by atoms with Gasteiger partial charge in [0, 0.05) is 11.6 Å². The summed E-state index contributed by atoms with van der Waals surface area (Å²) < 4.78 is 5.52. The summed E-state index contributed by atoms with van der Waals surface area (Å²) in [6.45, 7) is 9.19. The van der Waals surface area contributed by atoms with Crippen molar-refractivity contribution >= 4 is 5.96 Å². The zero-order valence-corrected chi connectivity index (χ0v) is 12.4. The second kappa shape index (κ2) is 4.76. The lowest BCUT2D eigenvalue weighted by Gasteiger charge is -2.40. The molecule has 0 saturated heterocycles. The minimum absolute atomic E-state index is 0.240. The summed E-state index contributed by atoms with van der Waals surface area (Å²) in [6, 6.07) is 6.54. The van der Waals surface area contributed by atoms with Gasteiger partial charge in [-0.05, 0) is 39.8 Å². The summed E-state index contributed by atoms with van der Waals surface area (Å²) in [6.07, 6.45) is 0. The van der Waals surface area contributed by atoms with E-state index in [0.717, 1.165) is 11.3 Å². The Bertz CT molecular complexity index is 510. The fraction of sp³-hybridized carbons (Fsp3) is 0.533. The van der Waals surface area contributed by atoms with E-state index in [0.29, 0.717) is 18.5 Å². The molecule has 1 aromatic carbocycles. The molecule has 4 heteroatoms. The summed E-state index contributed by atoms with van der Waals surface area (Å²) in [5.41, 5.74) is 8.18. The number of hydrogen-bond donors (Lipinski definition) is 1. The van der Waals surface area contributed by atoms with Gasteiger partial charge in [-0.2, -0.15) is 0 Å². The van der Waals surface area contributed by atoms with Crippen molar-refractivity contribution in [1.82, 2.24) is 4.90 Å². The standard InChI is InChI=1S/C15H23N3O/c1-10(2)18-14(16)17-9-15(18,4)12-8-11(3)6-7-13(12)19-5/h6-8,10H,9H2,1-5H3,(H2,16,17). The van der Waals surface area contributed by atoms with Crippen LogP contribution >= 0.6 is 0 Å². The number of rotatable bonds is 3. The summed E-state index contributed by atoms with van der Waals surface area (Å²) in [5, 5.41) is 0. The van der Waals surface area contributed by atoms with Gasteiger partial charge in [-0.25, -0.2) is 0 Å². The minimum Gasteiger partial charge on any atom is -0.496 e. The molecule has 19 heavy (non-hydrogen) atoms. The van der Waals surface area contributed by atoms with Gasteiger partial charge in [0.2, 0.25) is 0 Å². The predicted molar refractivity (Wildman–Crippen MR) is 78.5 cm³/mol. The fourth-order valence-electron chi connectivity index (χ4n) is 2.93. The molecule has 1 aliphatic rings. The van der Waals surface area contributed by atoms with E-state index < -0.39 is 0 Å². The van der Waals surface area contributed by atoms with Gasteiger partial charge in [0.1, 0.15) is 5.75 Å². The first-order valence-electron chi connectivity index (χ1n) is 6.64. The van der Waals surface area contributed by atoms with Crippen molar-refractivity contribution in [2.45, 2.75) is 39.3 Å². The van der Waals surface area contributed by atoms with E-state index >= 15 is 0 Å². The zero-order valence-electron chi connectivity index (χ0n) is 12.4. The van der Waals surface area contributed by atoms with Crippen LogP contribution in [-0.4, -0.2) is 30.6 Å². The molecule has 1 heterocycles. The Morgan fingerprint density at radius 2 is 2.11 bits per heavy atom. The molecule has 0 fully saturated rings. The minimum atomic E-state index is -0.240. The highest BCUT2D eigenvalue weighted by Gasteiger charge is 2.42. The van der Waals surface area contributed by atoms with Gasteiger partial charge in [0.25, 0.3) is 0 Å². The van der Waals surface area contributed by atoms with Gasteiger partial charge in [0.15, 0.2) is 5.96 Å². The highest BCUT2D eigenvalue weighted by atomic mass is 16.5. The van der Waals surface area contributed by atoms with E-state index in [1.807, 2.05) is 6.07 Å². The number of aryl methyl sites for hydroxylation is 1. The monoisotopic (exact) mass is 261 g/mol. The van der Waals surface area contributed by atoms with Gasteiger partial charge in [-0.15, -0.1) is 0 Å². The van der Waals surface area contributed by atoms with Crippen LogP contribution in [0, 0.1) is 6.92 Å².